The Kier molecular flexibility index (Phi) is 1.06. The lowest BCUT2D eigenvalue weighted by atomic mass is 10.2. The Morgan fingerprint density at radius 2 is 2.18 bits per heavy atom. The predicted molar refractivity (Wildman–Crippen MR) is 44.4 cm³/mol. The molecule has 0 bridgehead atoms. The molecule has 0 aliphatic heterocycles. The number of H-pyrrole nitrogens is 1. The number of nitrogens with two attached hydrogens (primary N) is 1. The smallest absolute Gasteiger partial charge is 0.139 e. The third-order valence-electron chi connectivity index (χ3n) is 1.70. The van der Waals surface area contributed by atoms with Gasteiger partial charge in [-0.25, -0.2) is 0 Å². The number of aromatic nitrogens is 1. The topological polar surface area (TPSA) is 62.0 Å². The number of nitrogens with one attached hydrogen (secondary N) is 1. The summed E-state index contributed by atoms with van der Waals surface area (Å²) in [6, 6.07) is 5.24. The summed E-state index contributed by atoms with van der Waals surface area (Å²) in [5.41, 5.74) is 6.82. The van der Waals surface area contributed by atoms with Crippen LogP contribution in [0.5, 0.6) is 5.75 Å². The first-order valence-corrected chi connectivity index (χ1v) is 3.33. The van der Waals surface area contributed by atoms with Gasteiger partial charge in [-0.3, -0.25) is 0 Å². The molecule has 0 radical (unpaired) electrons. The summed E-state index contributed by atoms with van der Waals surface area (Å²) in [5.74, 6) is 0.136. The molecule has 0 saturated heterocycles. The Balaban J connectivity index is 2.86. The molecular weight excluding hydrogens is 140 g/mol. The minimum atomic E-state index is 0.136. The maximum Gasteiger partial charge on any atom is 0.139 e. The van der Waals surface area contributed by atoms with E-state index in [1.165, 1.54) is 0 Å². The van der Waals surface area contributed by atoms with Gasteiger partial charge in [0.05, 0.1) is 5.69 Å². The highest BCUT2D eigenvalue weighted by Crippen LogP contribution is 2.25. The normalized spacial score (nSPS) is 10.5. The van der Waals surface area contributed by atoms with Crippen LogP contribution in [0.1, 0.15) is 0 Å². The van der Waals surface area contributed by atoms with Crippen molar-refractivity contribution in [3.05, 3.63) is 24.4 Å². The fraction of sp³-hybridized carbons (Fsp3) is 0. The molecule has 0 unspecified atom stereocenters. The predicted octanol–water partition coefficient (Wildman–Crippen LogP) is 1.46. The zero-order chi connectivity index (χ0) is 7.84. The lowest BCUT2D eigenvalue weighted by Gasteiger charge is -1.97. The Bertz CT molecular complexity index is 356. The highest BCUT2D eigenvalue weighted by Gasteiger charge is 1.99. The third kappa shape index (κ3) is 0.816. The van der Waals surface area contributed by atoms with Gasteiger partial charge in [0.1, 0.15) is 5.75 Å². The molecule has 1 heterocycles. The summed E-state index contributed by atoms with van der Waals surface area (Å²) in [6.45, 7) is 0. The van der Waals surface area contributed by atoms with Crippen LogP contribution in [0.15, 0.2) is 24.4 Å². The molecule has 0 fully saturated rings. The van der Waals surface area contributed by atoms with Crippen LogP contribution in [0.25, 0.3) is 10.9 Å². The number of rotatable bonds is 0. The molecule has 1 aromatic heterocycles. The van der Waals surface area contributed by atoms with Crippen molar-refractivity contribution in [3.8, 4) is 5.75 Å². The summed E-state index contributed by atoms with van der Waals surface area (Å²) >= 11 is 0. The second-order valence-corrected chi connectivity index (χ2v) is 2.48. The van der Waals surface area contributed by atoms with Crippen molar-refractivity contribution in [2.75, 3.05) is 5.73 Å². The van der Waals surface area contributed by atoms with E-state index >= 15 is 0 Å². The molecule has 0 aliphatic rings. The highest BCUT2D eigenvalue weighted by molar-refractivity contribution is 5.85. The van der Waals surface area contributed by atoms with Crippen molar-refractivity contribution in [3.63, 3.8) is 0 Å². The fourth-order valence-corrected chi connectivity index (χ4v) is 1.11. The summed E-state index contributed by atoms with van der Waals surface area (Å²) in [7, 11) is 0. The average molecular weight is 148 g/mol. The summed E-state index contributed by atoms with van der Waals surface area (Å²) in [4.78, 5) is 3.00. The van der Waals surface area contributed by atoms with Crippen LogP contribution in [0.3, 0.4) is 0 Å². The van der Waals surface area contributed by atoms with Crippen molar-refractivity contribution in [1.82, 2.24) is 4.98 Å². The molecule has 0 saturated carbocycles. The minimum absolute atomic E-state index is 0.136. The number of anilines is 1. The SMILES string of the molecule is Nc1cc2[nH]ccc2cc1O. The number of fused-ring (bicyclic) bond motifs is 1. The van der Waals surface area contributed by atoms with Gasteiger partial charge < -0.3 is 15.8 Å². The van der Waals surface area contributed by atoms with Crippen LogP contribution >= 0.6 is 0 Å². The first-order valence-electron chi connectivity index (χ1n) is 3.33. The molecule has 0 aliphatic carbocycles. The zero-order valence-electron chi connectivity index (χ0n) is 5.83. The summed E-state index contributed by atoms with van der Waals surface area (Å²) in [5, 5.41) is 10.2. The van der Waals surface area contributed by atoms with E-state index < -0.39 is 0 Å². The van der Waals surface area contributed by atoms with E-state index in [0.29, 0.717) is 5.69 Å². The van der Waals surface area contributed by atoms with Crippen LogP contribution in [-0.2, 0) is 0 Å². The van der Waals surface area contributed by atoms with Gasteiger partial charge in [0, 0.05) is 17.1 Å². The van der Waals surface area contributed by atoms with Crippen molar-refractivity contribution < 1.29 is 5.11 Å². The molecule has 3 nitrogen and oxygen atoms in total. The molecule has 56 valence electrons. The van der Waals surface area contributed by atoms with Crippen LogP contribution in [-0.4, -0.2) is 10.1 Å². The van der Waals surface area contributed by atoms with Gasteiger partial charge in [0.15, 0.2) is 0 Å². The second kappa shape index (κ2) is 1.92. The molecule has 1 aromatic carbocycles. The van der Waals surface area contributed by atoms with Crippen molar-refractivity contribution in [2.45, 2.75) is 0 Å². The maximum atomic E-state index is 9.20. The third-order valence-corrected chi connectivity index (χ3v) is 1.70. The number of benzene rings is 1. The molecule has 0 atom stereocenters. The van der Waals surface area contributed by atoms with E-state index in [9.17, 15) is 5.11 Å². The summed E-state index contributed by atoms with van der Waals surface area (Å²) in [6.07, 6.45) is 1.81. The molecule has 4 N–H and O–H groups in total. The molecule has 2 aromatic rings. The molecule has 0 amide bonds. The Labute approximate surface area is 63.5 Å². The first kappa shape index (κ1) is 6.09. The van der Waals surface area contributed by atoms with Gasteiger partial charge in [-0.05, 0) is 18.2 Å². The van der Waals surface area contributed by atoms with Crippen LogP contribution in [0.4, 0.5) is 5.69 Å². The van der Waals surface area contributed by atoms with Gasteiger partial charge in [0.2, 0.25) is 0 Å². The van der Waals surface area contributed by atoms with E-state index in [0.717, 1.165) is 10.9 Å². The maximum absolute atomic E-state index is 9.20. The van der Waals surface area contributed by atoms with Gasteiger partial charge in [-0.2, -0.15) is 0 Å². The van der Waals surface area contributed by atoms with Gasteiger partial charge in [-0.15, -0.1) is 0 Å². The minimum Gasteiger partial charge on any atom is -0.506 e. The number of phenols is 1. The van der Waals surface area contributed by atoms with E-state index in [-0.39, 0.29) is 5.75 Å². The van der Waals surface area contributed by atoms with Gasteiger partial charge >= 0.3 is 0 Å². The lowest BCUT2D eigenvalue weighted by molar-refractivity contribution is 0.479. The number of aromatic amines is 1. The van der Waals surface area contributed by atoms with Crippen molar-refractivity contribution in [2.24, 2.45) is 0 Å². The van der Waals surface area contributed by atoms with Gasteiger partial charge in [0.25, 0.3) is 0 Å². The zero-order valence-corrected chi connectivity index (χ0v) is 5.83. The molecule has 11 heavy (non-hydrogen) atoms. The number of hydrogen-bond acceptors (Lipinski definition) is 2. The average Bonchev–Trinajstić information content (AvgIpc) is 2.36. The lowest BCUT2D eigenvalue weighted by Crippen LogP contribution is -1.84. The highest BCUT2D eigenvalue weighted by atomic mass is 16.3. The number of phenolic OH excluding ortho intramolecular Hbond substituents is 1. The van der Waals surface area contributed by atoms with Gasteiger partial charge in [-0.1, -0.05) is 0 Å². The molecular formula is C8H8N2O. The van der Waals surface area contributed by atoms with Crippen molar-refractivity contribution >= 4 is 16.6 Å². The van der Waals surface area contributed by atoms with E-state index in [1.54, 1.807) is 12.1 Å². The van der Waals surface area contributed by atoms with Crippen molar-refractivity contribution in [1.29, 1.82) is 0 Å². The summed E-state index contributed by atoms with van der Waals surface area (Å²) < 4.78 is 0. The molecule has 2 rings (SSSR count). The number of aromatic hydroxyl groups is 1. The van der Waals surface area contributed by atoms with E-state index in [2.05, 4.69) is 4.98 Å². The quantitative estimate of drug-likeness (QED) is 0.391. The molecule has 0 spiro atoms. The van der Waals surface area contributed by atoms with Crippen LogP contribution < -0.4 is 5.73 Å². The van der Waals surface area contributed by atoms with Crippen LogP contribution in [0.2, 0.25) is 0 Å². The fourth-order valence-electron chi connectivity index (χ4n) is 1.11. The Morgan fingerprint density at radius 1 is 1.36 bits per heavy atom. The standard InChI is InChI=1S/C8H8N2O/c9-6-4-7-5(1-2-10-7)3-8(6)11/h1-4,10-11H,9H2. The van der Waals surface area contributed by atoms with E-state index in [1.807, 2.05) is 12.3 Å². The van der Waals surface area contributed by atoms with Crippen LogP contribution in [0, 0.1) is 0 Å². The number of hydrogen-bond donors (Lipinski definition) is 3. The second-order valence-electron chi connectivity index (χ2n) is 2.48. The van der Waals surface area contributed by atoms with E-state index in [4.69, 9.17) is 5.73 Å². The Hall–Kier alpha value is -1.64. The number of nitrogen functional groups attached to an aromatic ring is 1. The Morgan fingerprint density at radius 3 is 3.00 bits per heavy atom. The largest absolute Gasteiger partial charge is 0.506 e. The first-order chi connectivity index (χ1) is 5.27. The molecule has 3 heteroatoms. The monoisotopic (exact) mass is 148 g/mol.